The van der Waals surface area contributed by atoms with E-state index in [1.54, 1.807) is 43.1 Å². The molecular weight excluding hydrogens is 1060 g/mol. The number of hydrogen-bond donors (Lipinski definition) is 6. The minimum absolute atomic E-state index is 0.0395. The zero-order valence-electron chi connectivity index (χ0n) is 50.3. The molecule has 3 aliphatic heterocycles. The standard InChI is InChI=1S/C65H89N5O13/c1-12-53(72)43(6)59-54(81-59)37-64(8,78)30-17-18-41(4)58-42(5)23-28-55(65(9,79-11)31-29-47(71)36-56(73)83-58)82-63(77)69-32-34-70(10,35-33-69)38-45-24-26-46(27-25-45)67-60(74)44(7)66-61(75)57(40(2)3)68-62(76)80-39-52-50-21-15-13-19-48(50)49-20-14-16-22-51(49)52/h13-28,30,40,42-44,47,52-55,57-59,71-72,78H,12,29,31-39H2,1-11H3,(H2-,66,67,68,74,75,76)/p+1/b28-23+,30-17+,41-18+/t42-,43?,44?,47+,53?,54-,55-,57?,58+,59-,64?,65+/m0/s1. The molecule has 0 saturated carbocycles. The Labute approximate surface area is 490 Å². The van der Waals surface area contributed by atoms with Gasteiger partial charge in [0.05, 0.1) is 69.7 Å². The number of amides is 4. The number of benzene rings is 3. The monoisotopic (exact) mass is 1150 g/mol. The molecule has 0 aromatic heterocycles. The van der Waals surface area contributed by atoms with Crippen molar-refractivity contribution >= 4 is 35.7 Å². The van der Waals surface area contributed by atoms with E-state index >= 15 is 0 Å². The number of epoxide rings is 1. The number of fused-ring (bicyclic) bond motifs is 3. The number of quaternary nitrogens is 1. The second-order valence-corrected chi connectivity index (χ2v) is 24.5. The second-order valence-electron chi connectivity index (χ2n) is 24.5. The number of hydrogen-bond acceptors (Lipinski definition) is 13. The maximum Gasteiger partial charge on any atom is 0.410 e. The average molecular weight is 1150 g/mol. The molecule has 5 unspecified atom stereocenters. The lowest BCUT2D eigenvalue weighted by Crippen LogP contribution is -2.58. The number of nitrogens with one attached hydrogen (secondary N) is 3. The molecule has 2 fully saturated rings. The van der Waals surface area contributed by atoms with E-state index in [4.69, 9.17) is 23.7 Å². The molecule has 3 aromatic carbocycles. The molecular formula is C65H90N5O13+. The molecule has 0 radical (unpaired) electrons. The summed E-state index contributed by atoms with van der Waals surface area (Å²) in [7, 11) is 3.68. The number of carbonyl (C=O) groups excluding carboxylic acids is 5. The first-order chi connectivity index (χ1) is 39.3. The number of likely N-dealkylation sites (N-methyl/N-ethyl adjacent to an activating group) is 1. The van der Waals surface area contributed by atoms with E-state index in [-0.39, 0.29) is 55.8 Å². The summed E-state index contributed by atoms with van der Waals surface area (Å²) in [5.41, 5.74) is 4.41. The topological polar surface area (TPSA) is 235 Å². The van der Waals surface area contributed by atoms with Gasteiger partial charge in [0.25, 0.3) is 0 Å². The Morgan fingerprint density at radius 2 is 1.58 bits per heavy atom. The number of allylic oxidation sites excluding steroid dienone is 2. The molecule has 12 atom stereocenters. The number of rotatable bonds is 20. The van der Waals surface area contributed by atoms with Gasteiger partial charge in [-0.1, -0.05) is 120 Å². The number of methoxy groups -OCH3 is 1. The van der Waals surface area contributed by atoms with Crippen LogP contribution in [-0.2, 0) is 44.6 Å². The molecule has 6 N–H and O–H groups in total. The molecule has 452 valence electrons. The van der Waals surface area contributed by atoms with Crippen LogP contribution in [-0.4, -0.2) is 162 Å². The van der Waals surface area contributed by atoms with Crippen LogP contribution in [0.15, 0.2) is 109 Å². The highest BCUT2D eigenvalue weighted by Gasteiger charge is 2.47. The fourth-order valence-corrected chi connectivity index (χ4v) is 11.5. The summed E-state index contributed by atoms with van der Waals surface area (Å²) < 4.78 is 30.5. The first-order valence-electron chi connectivity index (χ1n) is 29.5. The van der Waals surface area contributed by atoms with E-state index in [0.717, 1.165) is 27.8 Å². The van der Waals surface area contributed by atoms with Gasteiger partial charge in [-0.25, -0.2) is 9.59 Å². The largest absolute Gasteiger partial charge is 0.457 e. The van der Waals surface area contributed by atoms with Crippen molar-refractivity contribution in [3.05, 3.63) is 125 Å². The van der Waals surface area contributed by atoms with Gasteiger partial charge < -0.3 is 59.4 Å². The fraction of sp³-hybridized carbons (Fsp3) is 0.554. The summed E-state index contributed by atoms with van der Waals surface area (Å²) in [6, 6.07) is 21.8. The highest BCUT2D eigenvalue weighted by molar-refractivity contribution is 5.98. The summed E-state index contributed by atoms with van der Waals surface area (Å²) in [5, 5.41) is 40.8. The normalized spacial score (nSPS) is 26.3. The number of esters is 1. The van der Waals surface area contributed by atoms with E-state index < -0.39 is 83.6 Å². The van der Waals surface area contributed by atoms with Crippen molar-refractivity contribution < 1.29 is 67.5 Å². The highest BCUT2D eigenvalue weighted by Crippen LogP contribution is 2.45. The smallest absolute Gasteiger partial charge is 0.410 e. The Bertz CT molecular complexity index is 2780. The number of aliphatic hydroxyl groups is 3. The number of nitrogens with zero attached hydrogens (tertiary/aromatic N) is 2. The molecule has 3 heterocycles. The SMILES string of the molecule is CCC(O)C(C)[C@@H]1O[C@H]1CC(C)(O)/C=C/C=C(\C)[C@H]1OC(=O)C[C@H](O)CC[C@@](C)(OC)[C@@H](OC(=O)N2CC[N+](C)(Cc3ccc(NC(=O)C(C)NC(=O)C(NC(=O)OCC4c5ccccc5-c5ccccc54)C(C)C)cc3)CC2)/C=C/[C@@H]1C. The number of ether oxygens (including phenoxy) is 5. The number of alkyl carbamates (subject to hydrolysis) is 1. The van der Waals surface area contributed by atoms with Crippen molar-refractivity contribution in [1.82, 2.24) is 15.5 Å². The van der Waals surface area contributed by atoms with Gasteiger partial charge in [0.1, 0.15) is 36.9 Å². The van der Waals surface area contributed by atoms with Gasteiger partial charge in [-0.2, -0.15) is 0 Å². The molecule has 4 aliphatic rings. The lowest BCUT2D eigenvalue weighted by molar-refractivity contribution is -0.926. The summed E-state index contributed by atoms with van der Waals surface area (Å²) in [6.45, 7) is 19.2. The molecule has 4 amide bonds. The molecule has 18 nitrogen and oxygen atoms in total. The van der Waals surface area contributed by atoms with Crippen LogP contribution in [0.4, 0.5) is 15.3 Å². The fourth-order valence-electron chi connectivity index (χ4n) is 11.5. The van der Waals surface area contributed by atoms with E-state index in [1.165, 1.54) is 7.11 Å². The third-order valence-corrected chi connectivity index (χ3v) is 17.2. The van der Waals surface area contributed by atoms with Crippen LogP contribution >= 0.6 is 0 Å². The van der Waals surface area contributed by atoms with Crippen molar-refractivity contribution in [1.29, 1.82) is 0 Å². The molecule has 0 spiro atoms. The van der Waals surface area contributed by atoms with Crippen molar-refractivity contribution in [2.24, 2.45) is 17.8 Å². The molecule has 3 aromatic rings. The predicted octanol–water partition coefficient (Wildman–Crippen LogP) is 8.33. The maximum absolute atomic E-state index is 14.1. The third-order valence-electron chi connectivity index (χ3n) is 17.2. The predicted molar refractivity (Wildman–Crippen MR) is 317 cm³/mol. The summed E-state index contributed by atoms with van der Waals surface area (Å²) in [4.78, 5) is 69.0. The van der Waals surface area contributed by atoms with Gasteiger partial charge in [0, 0.05) is 42.5 Å². The van der Waals surface area contributed by atoms with Crippen LogP contribution < -0.4 is 16.0 Å². The van der Waals surface area contributed by atoms with Gasteiger partial charge in [0.15, 0.2) is 6.10 Å². The quantitative estimate of drug-likeness (QED) is 0.0156. The van der Waals surface area contributed by atoms with E-state index in [2.05, 4.69) is 35.1 Å². The van der Waals surface area contributed by atoms with Gasteiger partial charge in [-0.05, 0) is 98.9 Å². The summed E-state index contributed by atoms with van der Waals surface area (Å²) in [6.07, 6.45) is 5.44. The Balaban J connectivity index is 0.892. The Morgan fingerprint density at radius 1 is 0.940 bits per heavy atom. The highest BCUT2D eigenvalue weighted by atomic mass is 16.6. The van der Waals surface area contributed by atoms with Crippen LogP contribution in [0.5, 0.6) is 0 Å². The number of anilines is 1. The van der Waals surface area contributed by atoms with Gasteiger partial charge in [-0.3, -0.25) is 19.3 Å². The molecule has 1 aliphatic carbocycles. The Hall–Kier alpha value is -6.41. The molecule has 83 heavy (non-hydrogen) atoms. The van der Waals surface area contributed by atoms with Gasteiger partial charge >= 0.3 is 18.2 Å². The minimum atomic E-state index is -1.20. The third kappa shape index (κ3) is 16.9. The van der Waals surface area contributed by atoms with Crippen LogP contribution in [0.25, 0.3) is 11.1 Å². The number of carbonyl (C=O) groups is 5. The van der Waals surface area contributed by atoms with Gasteiger partial charge in [-0.15, -0.1) is 0 Å². The maximum atomic E-state index is 14.1. The Morgan fingerprint density at radius 3 is 2.19 bits per heavy atom. The first kappa shape index (κ1) is 64.2. The van der Waals surface area contributed by atoms with E-state index in [9.17, 15) is 39.3 Å². The first-order valence-corrected chi connectivity index (χ1v) is 29.5. The van der Waals surface area contributed by atoms with Crippen LogP contribution in [0.1, 0.15) is 117 Å². The lowest BCUT2D eigenvalue weighted by atomic mass is 9.88. The van der Waals surface area contributed by atoms with Crippen molar-refractivity contribution in [2.75, 3.05) is 52.3 Å². The molecule has 7 rings (SSSR count). The summed E-state index contributed by atoms with van der Waals surface area (Å²) >= 11 is 0. The number of aliphatic hydroxyl groups excluding tert-OH is 2. The van der Waals surface area contributed by atoms with Crippen molar-refractivity contribution in [3.8, 4) is 11.1 Å². The van der Waals surface area contributed by atoms with Crippen LogP contribution in [0.3, 0.4) is 0 Å². The number of cyclic esters (lactones) is 1. The second kappa shape index (κ2) is 28.0. The summed E-state index contributed by atoms with van der Waals surface area (Å²) in [5.74, 6) is -2.36. The van der Waals surface area contributed by atoms with Crippen LogP contribution in [0.2, 0.25) is 0 Å². The molecule has 0 bridgehead atoms. The van der Waals surface area contributed by atoms with Gasteiger partial charge in [0.2, 0.25) is 11.8 Å². The Kier molecular flexibility index (Phi) is 21.6. The van der Waals surface area contributed by atoms with E-state index in [0.29, 0.717) is 61.3 Å². The van der Waals surface area contributed by atoms with E-state index in [1.807, 2.05) is 115 Å². The minimum Gasteiger partial charge on any atom is -0.457 e. The van der Waals surface area contributed by atoms with Crippen LogP contribution in [0, 0.1) is 17.8 Å². The van der Waals surface area contributed by atoms with Crippen molar-refractivity contribution in [3.63, 3.8) is 0 Å². The van der Waals surface area contributed by atoms with Crippen molar-refractivity contribution in [2.45, 2.75) is 167 Å². The zero-order chi connectivity index (χ0) is 60.4. The zero-order valence-corrected chi connectivity index (χ0v) is 50.3. The average Bonchev–Trinajstić information content (AvgIpc) is 4.23. The molecule has 2 saturated heterocycles. The molecule has 18 heteroatoms. The number of piperazine rings is 1. The lowest BCUT2D eigenvalue weighted by Gasteiger charge is -2.42.